The van der Waals surface area contributed by atoms with Crippen LogP contribution in [0.15, 0.2) is 12.1 Å². The predicted molar refractivity (Wildman–Crippen MR) is 72.2 cm³/mol. The predicted octanol–water partition coefficient (Wildman–Crippen LogP) is 1.63. The average Bonchev–Trinajstić information content (AvgIpc) is 2.40. The first-order valence-electron chi connectivity index (χ1n) is 5.63. The molecule has 0 saturated carbocycles. The number of halogens is 3. The maximum atomic E-state index is 13.7. The van der Waals surface area contributed by atoms with Crippen LogP contribution in [-0.4, -0.2) is 33.6 Å². The minimum Gasteiger partial charge on any atom is -0.504 e. The normalized spacial score (nSPS) is 12.2. The van der Waals surface area contributed by atoms with Crippen molar-refractivity contribution in [1.82, 2.24) is 0 Å². The van der Waals surface area contributed by atoms with Crippen LogP contribution in [0.5, 0.6) is 11.5 Å². The lowest BCUT2D eigenvalue weighted by Gasteiger charge is -2.22. The first-order valence-corrected chi connectivity index (χ1v) is 5.63. The van der Waals surface area contributed by atoms with Gasteiger partial charge in [0.25, 0.3) is 0 Å². The molecule has 4 N–H and O–H groups in total. The zero-order chi connectivity index (χ0) is 16.4. The molecule has 0 heterocycles. The molecule has 0 amide bonds. The Morgan fingerprint density at radius 1 is 1.50 bits per heavy atom. The van der Waals surface area contributed by atoms with Crippen LogP contribution < -0.4 is 5.73 Å². The lowest BCUT2D eigenvalue weighted by Crippen LogP contribution is -2.41. The molecule has 0 aliphatic rings. The summed E-state index contributed by atoms with van der Waals surface area (Å²) in [5, 5.41) is 29.2. The second-order valence-corrected chi connectivity index (χ2v) is 3.99. The molecule has 0 aliphatic heterocycles. The van der Waals surface area contributed by atoms with Crippen LogP contribution in [0.1, 0.15) is 18.5 Å². The first kappa shape index (κ1) is 19.8. The number of benzene rings is 1. The van der Waals surface area contributed by atoms with Crippen molar-refractivity contribution in [3.8, 4) is 11.5 Å². The van der Waals surface area contributed by atoms with Crippen molar-refractivity contribution in [3.05, 3.63) is 27.8 Å². The fourth-order valence-electron chi connectivity index (χ4n) is 1.51. The quantitative estimate of drug-likeness (QED) is 0.320. The molecule has 22 heavy (non-hydrogen) atoms. The number of alkyl halides is 2. The molecular weight excluding hydrogens is 330 g/mol. The molecule has 1 aromatic carbocycles. The monoisotopic (exact) mass is 342 g/mol. The van der Waals surface area contributed by atoms with Crippen LogP contribution in [0, 0.1) is 10.1 Å². The number of phenols is 2. The first-order chi connectivity index (χ1) is 9.62. The van der Waals surface area contributed by atoms with Gasteiger partial charge in [0.15, 0.2) is 5.75 Å². The maximum absolute atomic E-state index is 13.7. The van der Waals surface area contributed by atoms with Gasteiger partial charge in [0.1, 0.15) is 6.04 Å². The number of ether oxygens (including phenoxy) is 1. The third-order valence-corrected chi connectivity index (χ3v) is 2.59. The van der Waals surface area contributed by atoms with Gasteiger partial charge in [0, 0.05) is 6.07 Å². The van der Waals surface area contributed by atoms with Crippen molar-refractivity contribution in [3.63, 3.8) is 0 Å². The zero-order valence-electron chi connectivity index (χ0n) is 11.2. The Bertz CT molecular complexity index is 584. The molecule has 0 aromatic heterocycles. The molecule has 0 spiro atoms. The number of phenolic OH excluding ortho intramolecular Hbond substituents is 2. The Kier molecular flexibility index (Phi) is 6.46. The smallest absolute Gasteiger partial charge is 0.379 e. The molecular formula is C11H13ClF2N2O6. The Morgan fingerprint density at radius 3 is 2.50 bits per heavy atom. The number of carbonyl (C=O) groups is 1. The SMILES string of the molecule is CCOC(=O)C(F)(F)[C@H](N)c1cc(O)c(O)c([N+](=O)[O-])c1.Cl. The molecule has 11 heteroatoms. The summed E-state index contributed by atoms with van der Waals surface area (Å²) in [6.07, 6.45) is 0. The van der Waals surface area contributed by atoms with E-state index >= 15 is 0 Å². The summed E-state index contributed by atoms with van der Waals surface area (Å²) in [6.45, 7) is 1.01. The lowest BCUT2D eigenvalue weighted by atomic mass is 10.00. The Hall–Kier alpha value is -2.20. The Morgan fingerprint density at radius 2 is 2.05 bits per heavy atom. The third-order valence-electron chi connectivity index (χ3n) is 2.59. The number of nitrogens with two attached hydrogens (primary N) is 1. The van der Waals surface area contributed by atoms with Gasteiger partial charge in [-0.15, -0.1) is 12.4 Å². The standard InChI is InChI=1S/C11H12F2N2O6.ClH/c1-2-21-10(18)11(12,13)9(14)5-3-6(15(19)20)8(17)7(16)4-5;/h3-4,9,16-17H,2,14H2,1H3;1H/t9-;/m1./s1. The highest BCUT2D eigenvalue weighted by Gasteiger charge is 2.48. The number of rotatable bonds is 5. The topological polar surface area (TPSA) is 136 Å². The van der Waals surface area contributed by atoms with Crippen LogP contribution in [0.3, 0.4) is 0 Å². The van der Waals surface area contributed by atoms with Crippen molar-refractivity contribution >= 4 is 24.1 Å². The molecule has 1 atom stereocenters. The second-order valence-electron chi connectivity index (χ2n) is 3.99. The van der Waals surface area contributed by atoms with E-state index in [1.807, 2.05) is 0 Å². The van der Waals surface area contributed by atoms with Crippen molar-refractivity contribution in [2.24, 2.45) is 5.73 Å². The highest BCUT2D eigenvalue weighted by molar-refractivity contribution is 5.85. The van der Waals surface area contributed by atoms with Gasteiger partial charge in [0.05, 0.1) is 11.5 Å². The van der Waals surface area contributed by atoms with Crippen molar-refractivity contribution in [2.75, 3.05) is 6.61 Å². The Balaban J connectivity index is 0.00000441. The van der Waals surface area contributed by atoms with Crippen LogP contribution in [0.2, 0.25) is 0 Å². The summed E-state index contributed by atoms with van der Waals surface area (Å²) in [7, 11) is 0. The minimum atomic E-state index is -4.16. The number of hydrogen-bond acceptors (Lipinski definition) is 7. The summed E-state index contributed by atoms with van der Waals surface area (Å²) >= 11 is 0. The molecule has 0 aliphatic carbocycles. The van der Waals surface area contributed by atoms with E-state index in [0.29, 0.717) is 12.1 Å². The molecule has 0 radical (unpaired) electrons. The van der Waals surface area contributed by atoms with E-state index in [0.717, 1.165) is 0 Å². The van der Waals surface area contributed by atoms with E-state index in [1.165, 1.54) is 6.92 Å². The highest BCUT2D eigenvalue weighted by Crippen LogP contribution is 2.40. The highest BCUT2D eigenvalue weighted by atomic mass is 35.5. The maximum Gasteiger partial charge on any atom is 0.379 e. The fourth-order valence-corrected chi connectivity index (χ4v) is 1.51. The van der Waals surface area contributed by atoms with Crippen molar-refractivity contribution in [1.29, 1.82) is 0 Å². The van der Waals surface area contributed by atoms with E-state index in [9.17, 15) is 33.9 Å². The molecule has 124 valence electrons. The number of aromatic hydroxyl groups is 2. The Labute approximate surface area is 129 Å². The van der Waals surface area contributed by atoms with Gasteiger partial charge < -0.3 is 20.7 Å². The van der Waals surface area contributed by atoms with Crippen molar-refractivity contribution in [2.45, 2.75) is 18.9 Å². The third kappa shape index (κ3) is 3.71. The summed E-state index contributed by atoms with van der Waals surface area (Å²) in [4.78, 5) is 20.7. The number of esters is 1. The number of nitrogens with zero attached hydrogens (tertiary/aromatic N) is 1. The molecule has 0 bridgehead atoms. The molecule has 1 rings (SSSR count). The fraction of sp³-hybridized carbons (Fsp3) is 0.364. The van der Waals surface area contributed by atoms with Crippen LogP contribution in [0.25, 0.3) is 0 Å². The number of nitro benzene ring substituents is 1. The summed E-state index contributed by atoms with van der Waals surface area (Å²) in [5.41, 5.74) is 3.61. The summed E-state index contributed by atoms with van der Waals surface area (Å²) < 4.78 is 31.6. The number of nitro groups is 1. The van der Waals surface area contributed by atoms with E-state index in [1.54, 1.807) is 0 Å². The zero-order valence-corrected chi connectivity index (χ0v) is 12.0. The van der Waals surface area contributed by atoms with E-state index < -0.39 is 45.6 Å². The van der Waals surface area contributed by atoms with Gasteiger partial charge >= 0.3 is 17.6 Å². The van der Waals surface area contributed by atoms with Gasteiger partial charge in [-0.25, -0.2) is 4.79 Å². The van der Waals surface area contributed by atoms with Gasteiger partial charge in [-0.1, -0.05) is 0 Å². The largest absolute Gasteiger partial charge is 0.504 e. The number of hydrogen-bond donors (Lipinski definition) is 3. The van der Waals surface area contributed by atoms with Gasteiger partial charge in [0.2, 0.25) is 5.75 Å². The lowest BCUT2D eigenvalue weighted by molar-refractivity contribution is -0.386. The van der Waals surface area contributed by atoms with Gasteiger partial charge in [-0.2, -0.15) is 8.78 Å². The molecule has 0 saturated heterocycles. The molecule has 1 aromatic rings. The molecule has 0 unspecified atom stereocenters. The summed E-state index contributed by atoms with van der Waals surface area (Å²) in [5.74, 6) is -8.15. The van der Waals surface area contributed by atoms with E-state index in [2.05, 4.69) is 4.74 Å². The minimum absolute atomic E-state index is 0. The van der Waals surface area contributed by atoms with Gasteiger partial charge in [-0.05, 0) is 18.6 Å². The van der Waals surface area contributed by atoms with Crippen LogP contribution >= 0.6 is 12.4 Å². The number of carbonyl (C=O) groups excluding carboxylic acids is 1. The second kappa shape index (κ2) is 7.18. The molecule has 0 fully saturated rings. The summed E-state index contributed by atoms with van der Waals surface area (Å²) in [6, 6.07) is -1.13. The molecule has 8 nitrogen and oxygen atoms in total. The van der Waals surface area contributed by atoms with E-state index in [-0.39, 0.29) is 19.0 Å². The van der Waals surface area contributed by atoms with Gasteiger partial charge in [-0.3, -0.25) is 10.1 Å². The average molecular weight is 343 g/mol. The van der Waals surface area contributed by atoms with Crippen LogP contribution in [-0.2, 0) is 9.53 Å². The van der Waals surface area contributed by atoms with E-state index in [4.69, 9.17) is 5.73 Å². The van der Waals surface area contributed by atoms with Crippen molar-refractivity contribution < 1.29 is 33.4 Å². The van der Waals surface area contributed by atoms with Crippen LogP contribution in [0.4, 0.5) is 14.5 Å².